The Balaban J connectivity index is 1.17. The van der Waals surface area contributed by atoms with Crippen molar-refractivity contribution < 1.29 is 4.74 Å². The number of pyridine rings is 1. The summed E-state index contributed by atoms with van der Waals surface area (Å²) in [7, 11) is 0. The van der Waals surface area contributed by atoms with Gasteiger partial charge in [-0.05, 0) is 105 Å². The largest absolute Gasteiger partial charge is 0.457 e. The first kappa shape index (κ1) is 38.2. The lowest BCUT2D eigenvalue weighted by Crippen LogP contribution is -2.26. The van der Waals surface area contributed by atoms with Crippen LogP contribution in [0.3, 0.4) is 0 Å². The number of hydrogen-bond donors (Lipinski definition) is 0. The van der Waals surface area contributed by atoms with Crippen LogP contribution in [0.15, 0.2) is 152 Å². The number of aromatic nitrogens is 2. The molecule has 0 spiro atoms. The molecule has 0 atom stereocenters. The summed E-state index contributed by atoms with van der Waals surface area (Å²) in [5.41, 5.74) is 13.0. The summed E-state index contributed by atoms with van der Waals surface area (Å²) in [6.07, 6.45) is 1.93. The molecule has 0 radical (unpaired) electrons. The molecule has 0 amide bonds. The standard InChI is InChI=1S/C54H54N4O/c1-52(2,3)38-24-22-36(23-25-38)37-30-40(56-35-57(49-21-15-14-20-48(49)56)47-19-13-11-17-45(47)54(7,8)9)33-42(31-37)59-41-26-27-44-43-16-10-12-18-46(43)58(50(44)34-41)51-32-39(28-29-55-51)53(4,5)6/h10-34H,35H2,1-9H3. The fourth-order valence-corrected chi connectivity index (χ4v) is 8.52. The van der Waals surface area contributed by atoms with E-state index < -0.39 is 0 Å². The van der Waals surface area contributed by atoms with Gasteiger partial charge < -0.3 is 14.5 Å². The van der Waals surface area contributed by atoms with E-state index in [2.05, 4.69) is 222 Å². The molecule has 1 aliphatic rings. The normalized spacial score (nSPS) is 13.4. The van der Waals surface area contributed by atoms with Crippen LogP contribution >= 0.6 is 0 Å². The van der Waals surface area contributed by atoms with Crippen molar-refractivity contribution in [2.24, 2.45) is 0 Å². The van der Waals surface area contributed by atoms with Gasteiger partial charge in [-0.15, -0.1) is 0 Å². The van der Waals surface area contributed by atoms with Gasteiger partial charge in [-0.25, -0.2) is 4.98 Å². The second kappa shape index (κ2) is 14.2. The van der Waals surface area contributed by atoms with Crippen LogP contribution in [-0.4, -0.2) is 16.2 Å². The Hall–Kier alpha value is -6.33. The van der Waals surface area contributed by atoms with E-state index >= 15 is 0 Å². The van der Waals surface area contributed by atoms with E-state index in [1.54, 1.807) is 0 Å². The van der Waals surface area contributed by atoms with Gasteiger partial charge in [0.15, 0.2) is 0 Å². The fraction of sp³-hybridized carbons (Fsp3) is 0.241. The molecule has 0 bridgehead atoms. The molecule has 5 heteroatoms. The third-order valence-electron chi connectivity index (χ3n) is 11.8. The van der Waals surface area contributed by atoms with Crippen LogP contribution in [0.5, 0.6) is 11.5 Å². The zero-order chi connectivity index (χ0) is 41.3. The summed E-state index contributed by atoms with van der Waals surface area (Å²) in [5.74, 6) is 2.44. The molecule has 0 saturated carbocycles. The van der Waals surface area contributed by atoms with Gasteiger partial charge in [0.2, 0.25) is 0 Å². The van der Waals surface area contributed by atoms with Crippen molar-refractivity contribution in [2.45, 2.75) is 78.6 Å². The topological polar surface area (TPSA) is 33.5 Å². The molecule has 5 nitrogen and oxygen atoms in total. The fourth-order valence-electron chi connectivity index (χ4n) is 8.52. The van der Waals surface area contributed by atoms with Gasteiger partial charge in [0.25, 0.3) is 0 Å². The molecule has 0 aliphatic carbocycles. The van der Waals surface area contributed by atoms with Gasteiger partial charge in [-0.1, -0.05) is 135 Å². The highest BCUT2D eigenvalue weighted by molar-refractivity contribution is 6.09. The van der Waals surface area contributed by atoms with Crippen LogP contribution in [0.25, 0.3) is 38.8 Å². The van der Waals surface area contributed by atoms with Crippen LogP contribution in [-0.2, 0) is 16.2 Å². The van der Waals surface area contributed by atoms with Crippen molar-refractivity contribution in [2.75, 3.05) is 16.5 Å². The Bertz CT molecular complexity index is 2850. The third-order valence-corrected chi connectivity index (χ3v) is 11.8. The average Bonchev–Trinajstić information content (AvgIpc) is 3.76. The van der Waals surface area contributed by atoms with E-state index in [0.717, 1.165) is 50.6 Å². The highest BCUT2D eigenvalue weighted by atomic mass is 16.5. The second-order valence-electron chi connectivity index (χ2n) is 19.1. The first-order valence-electron chi connectivity index (χ1n) is 20.8. The summed E-state index contributed by atoms with van der Waals surface area (Å²) in [5, 5.41) is 2.35. The van der Waals surface area contributed by atoms with Crippen molar-refractivity contribution >= 4 is 44.6 Å². The van der Waals surface area contributed by atoms with Gasteiger partial charge in [0.05, 0.1) is 22.4 Å². The number of ether oxygens (including phenoxy) is 1. The molecule has 1 aliphatic heterocycles. The molecule has 296 valence electrons. The summed E-state index contributed by atoms with van der Waals surface area (Å²) < 4.78 is 9.26. The highest BCUT2D eigenvalue weighted by Gasteiger charge is 2.31. The molecule has 0 saturated heterocycles. The molecule has 0 unspecified atom stereocenters. The van der Waals surface area contributed by atoms with Crippen LogP contribution in [0.1, 0.15) is 79.0 Å². The van der Waals surface area contributed by atoms with Gasteiger partial charge in [0.1, 0.15) is 24.0 Å². The van der Waals surface area contributed by atoms with Gasteiger partial charge in [0, 0.05) is 40.5 Å². The van der Waals surface area contributed by atoms with Crippen LogP contribution in [0, 0.1) is 0 Å². The minimum absolute atomic E-state index is 0.0105. The maximum absolute atomic E-state index is 6.98. The van der Waals surface area contributed by atoms with Crippen molar-refractivity contribution in [1.82, 2.24) is 9.55 Å². The quantitative estimate of drug-likeness (QED) is 0.168. The van der Waals surface area contributed by atoms with E-state index in [-0.39, 0.29) is 16.2 Å². The minimum atomic E-state index is -0.0165. The lowest BCUT2D eigenvalue weighted by molar-refractivity contribution is 0.483. The molecule has 59 heavy (non-hydrogen) atoms. The first-order valence-corrected chi connectivity index (χ1v) is 20.8. The Morgan fingerprint density at radius 3 is 1.83 bits per heavy atom. The zero-order valence-corrected chi connectivity index (χ0v) is 35.8. The highest BCUT2D eigenvalue weighted by Crippen LogP contribution is 2.48. The number of fused-ring (bicyclic) bond motifs is 4. The predicted molar refractivity (Wildman–Crippen MR) is 249 cm³/mol. The molecule has 6 aromatic carbocycles. The SMILES string of the molecule is CC(C)(C)c1ccc(-c2cc(Oc3ccc4c5ccccc5n(-c5cc(C(C)(C)C)ccn5)c4c3)cc(N3CN(c4ccccc4C(C)(C)C)c4ccccc43)c2)cc1. The number of nitrogens with zero attached hydrogens (tertiary/aromatic N) is 4. The molecular formula is C54H54N4O. The number of anilines is 4. The molecular weight excluding hydrogens is 721 g/mol. The number of rotatable bonds is 6. The second-order valence-corrected chi connectivity index (χ2v) is 19.1. The van der Waals surface area contributed by atoms with Crippen LogP contribution in [0.4, 0.5) is 22.7 Å². The lowest BCUT2D eigenvalue weighted by atomic mass is 9.85. The van der Waals surface area contributed by atoms with E-state index in [1.165, 1.54) is 39.1 Å². The van der Waals surface area contributed by atoms with Crippen LogP contribution in [0.2, 0.25) is 0 Å². The van der Waals surface area contributed by atoms with E-state index in [0.29, 0.717) is 6.67 Å². The lowest BCUT2D eigenvalue weighted by Gasteiger charge is -2.29. The molecule has 0 fully saturated rings. The predicted octanol–water partition coefficient (Wildman–Crippen LogP) is 14.8. The minimum Gasteiger partial charge on any atom is -0.457 e. The van der Waals surface area contributed by atoms with Crippen molar-refractivity contribution in [1.29, 1.82) is 0 Å². The summed E-state index contributed by atoms with van der Waals surface area (Å²) >= 11 is 0. The Morgan fingerprint density at radius 1 is 0.475 bits per heavy atom. The number of para-hydroxylation sites is 4. The summed E-state index contributed by atoms with van der Waals surface area (Å²) in [6, 6.07) is 52.6. The maximum atomic E-state index is 6.98. The monoisotopic (exact) mass is 774 g/mol. The van der Waals surface area contributed by atoms with Crippen molar-refractivity contribution in [3.05, 3.63) is 168 Å². The Kier molecular flexibility index (Phi) is 9.19. The molecule has 9 rings (SSSR count). The van der Waals surface area contributed by atoms with E-state index in [1.807, 2.05) is 6.20 Å². The van der Waals surface area contributed by atoms with Crippen molar-refractivity contribution in [3.8, 4) is 28.4 Å². The van der Waals surface area contributed by atoms with Crippen molar-refractivity contribution in [3.63, 3.8) is 0 Å². The third kappa shape index (κ3) is 7.13. The van der Waals surface area contributed by atoms with Gasteiger partial charge in [-0.2, -0.15) is 0 Å². The molecule has 0 N–H and O–H groups in total. The van der Waals surface area contributed by atoms with Gasteiger partial charge in [-0.3, -0.25) is 4.57 Å². The Morgan fingerprint density at radius 2 is 1.12 bits per heavy atom. The van der Waals surface area contributed by atoms with Gasteiger partial charge >= 0.3 is 0 Å². The number of benzene rings is 6. The number of hydrogen-bond acceptors (Lipinski definition) is 4. The van der Waals surface area contributed by atoms with E-state index in [9.17, 15) is 0 Å². The smallest absolute Gasteiger partial charge is 0.137 e. The molecule has 2 aromatic heterocycles. The molecule has 8 aromatic rings. The maximum Gasteiger partial charge on any atom is 0.137 e. The zero-order valence-electron chi connectivity index (χ0n) is 35.8. The summed E-state index contributed by atoms with van der Waals surface area (Å²) in [4.78, 5) is 9.78. The molecule has 3 heterocycles. The average molecular weight is 775 g/mol. The van der Waals surface area contributed by atoms with E-state index in [4.69, 9.17) is 9.72 Å². The summed E-state index contributed by atoms with van der Waals surface area (Å²) in [6.45, 7) is 21.1. The first-order chi connectivity index (χ1) is 28.1. The van der Waals surface area contributed by atoms with Crippen LogP contribution < -0.4 is 14.5 Å². The Labute approximate surface area is 349 Å².